The van der Waals surface area contributed by atoms with Gasteiger partial charge in [0.2, 0.25) is 0 Å². The SMILES string of the molecule is CCCCCCCC/C=C\CCCCCCCOCCCOP(=O)(O)CO[C@H](CO)Cn1cnc2c(N)ncnc21. The zero-order valence-electron chi connectivity index (χ0n) is 24.9. The van der Waals surface area contributed by atoms with Crippen molar-refractivity contribution in [2.75, 3.05) is 38.5 Å². The van der Waals surface area contributed by atoms with Crippen LogP contribution in [-0.4, -0.2) is 68.4 Å². The molecule has 0 aliphatic rings. The van der Waals surface area contributed by atoms with Gasteiger partial charge >= 0.3 is 7.60 Å². The predicted molar refractivity (Wildman–Crippen MR) is 163 cm³/mol. The molecule has 2 aromatic heterocycles. The summed E-state index contributed by atoms with van der Waals surface area (Å²) in [6.07, 6.45) is 23.2. The molecule has 2 rings (SSSR count). The second kappa shape index (κ2) is 21.8. The predicted octanol–water partition coefficient (Wildman–Crippen LogP) is 6.00. The van der Waals surface area contributed by atoms with Crippen molar-refractivity contribution < 1.29 is 28.6 Å². The monoisotopic (exact) mass is 597 g/mol. The highest BCUT2D eigenvalue weighted by molar-refractivity contribution is 7.52. The van der Waals surface area contributed by atoms with Crippen LogP contribution in [0.2, 0.25) is 0 Å². The maximum Gasteiger partial charge on any atom is 0.353 e. The first-order valence-electron chi connectivity index (χ1n) is 15.3. The van der Waals surface area contributed by atoms with Crippen LogP contribution in [0.4, 0.5) is 5.82 Å². The number of aliphatic hydroxyl groups is 1. The Kier molecular flexibility index (Phi) is 18.8. The molecule has 0 bridgehead atoms. The molecule has 0 fully saturated rings. The zero-order chi connectivity index (χ0) is 29.6. The molecule has 0 aliphatic carbocycles. The Balaban J connectivity index is 1.42. The molecule has 0 amide bonds. The number of nitrogens with zero attached hydrogens (tertiary/aromatic N) is 4. The first-order chi connectivity index (χ1) is 20.0. The van der Waals surface area contributed by atoms with Gasteiger partial charge < -0.3 is 34.3 Å². The van der Waals surface area contributed by atoms with Crippen LogP contribution in [0, 0.1) is 0 Å². The molecule has 0 saturated carbocycles. The zero-order valence-corrected chi connectivity index (χ0v) is 25.8. The molecule has 2 aromatic rings. The van der Waals surface area contributed by atoms with Crippen LogP contribution in [-0.2, 0) is 25.1 Å². The van der Waals surface area contributed by atoms with E-state index in [0.29, 0.717) is 30.8 Å². The van der Waals surface area contributed by atoms with Crippen molar-refractivity contribution in [3.05, 3.63) is 24.8 Å². The number of unbranched alkanes of at least 4 members (excludes halogenated alkanes) is 11. The summed E-state index contributed by atoms with van der Waals surface area (Å²) in [4.78, 5) is 22.3. The minimum absolute atomic E-state index is 0.0929. The van der Waals surface area contributed by atoms with Crippen molar-refractivity contribution in [3.63, 3.8) is 0 Å². The fraction of sp³-hybridized carbons (Fsp3) is 0.759. The number of hydrogen-bond acceptors (Lipinski definition) is 9. The maximum atomic E-state index is 12.3. The number of aromatic nitrogens is 4. The van der Waals surface area contributed by atoms with Crippen LogP contribution in [0.25, 0.3) is 11.2 Å². The molecule has 234 valence electrons. The number of allylic oxidation sites excluding steroid dienone is 2. The number of rotatable bonds is 26. The van der Waals surface area contributed by atoms with E-state index in [9.17, 15) is 14.6 Å². The number of fused-ring (bicyclic) bond motifs is 1. The number of aliphatic hydroxyl groups excluding tert-OH is 1. The lowest BCUT2D eigenvalue weighted by atomic mass is 10.1. The molecular formula is C29H52N5O6P. The number of nitrogens with two attached hydrogens (primary N) is 1. The first-order valence-corrected chi connectivity index (χ1v) is 17.1. The average Bonchev–Trinajstić information content (AvgIpc) is 3.38. The van der Waals surface area contributed by atoms with E-state index in [0.717, 1.165) is 12.8 Å². The van der Waals surface area contributed by atoms with Gasteiger partial charge in [-0.25, -0.2) is 15.0 Å². The Morgan fingerprint density at radius 1 is 0.927 bits per heavy atom. The lowest BCUT2D eigenvalue weighted by Crippen LogP contribution is -2.24. The highest BCUT2D eigenvalue weighted by Gasteiger charge is 2.23. The van der Waals surface area contributed by atoms with Gasteiger partial charge in [0.15, 0.2) is 11.5 Å². The summed E-state index contributed by atoms with van der Waals surface area (Å²) in [5.41, 5.74) is 6.72. The van der Waals surface area contributed by atoms with Crippen molar-refractivity contribution in [2.24, 2.45) is 0 Å². The summed E-state index contributed by atoms with van der Waals surface area (Å²) >= 11 is 0. The fourth-order valence-electron chi connectivity index (χ4n) is 4.40. The smallest absolute Gasteiger partial charge is 0.353 e. The highest BCUT2D eigenvalue weighted by Crippen LogP contribution is 2.42. The van der Waals surface area contributed by atoms with Gasteiger partial charge in [-0.05, 0) is 38.5 Å². The molecule has 0 saturated heterocycles. The Labute approximate surface area is 245 Å². The molecule has 2 heterocycles. The second-order valence-corrected chi connectivity index (χ2v) is 12.2. The van der Waals surface area contributed by atoms with Crippen molar-refractivity contribution in [1.82, 2.24) is 19.5 Å². The van der Waals surface area contributed by atoms with Crippen LogP contribution < -0.4 is 5.73 Å². The first kappa shape index (κ1) is 35.3. The van der Waals surface area contributed by atoms with Crippen molar-refractivity contribution >= 4 is 24.6 Å². The van der Waals surface area contributed by atoms with Crippen LogP contribution in [0.15, 0.2) is 24.8 Å². The molecule has 0 radical (unpaired) electrons. The number of ether oxygens (including phenoxy) is 2. The van der Waals surface area contributed by atoms with E-state index in [1.165, 1.54) is 83.3 Å². The summed E-state index contributed by atoms with van der Waals surface area (Å²) in [7, 11) is -3.96. The van der Waals surface area contributed by atoms with E-state index in [2.05, 4.69) is 34.0 Å². The molecule has 4 N–H and O–H groups in total. The van der Waals surface area contributed by atoms with Crippen LogP contribution in [0.5, 0.6) is 0 Å². The molecule has 0 aromatic carbocycles. The minimum atomic E-state index is -3.96. The van der Waals surface area contributed by atoms with Gasteiger partial charge in [0.25, 0.3) is 0 Å². The fourth-order valence-corrected chi connectivity index (χ4v) is 5.28. The van der Waals surface area contributed by atoms with Gasteiger partial charge in [-0.1, -0.05) is 70.4 Å². The maximum absolute atomic E-state index is 12.3. The standard InChI is InChI=1S/C29H52N5O6P/c1-2-3-4-5-6-7-8-9-10-11-12-13-14-15-16-18-38-19-17-20-40-41(36,37)25-39-26(22-35)21-34-24-33-27-28(30)31-23-32-29(27)34/h9-10,23-24,26,35H,2-8,11-22,25H2,1H3,(H,36,37)(H2,30,31,32)/b10-9-/t26-/m0/s1. The van der Waals surface area contributed by atoms with Gasteiger partial charge in [-0.3, -0.25) is 4.57 Å². The number of nitrogen functional groups attached to an aromatic ring is 1. The molecule has 12 heteroatoms. The summed E-state index contributed by atoms with van der Waals surface area (Å²) < 4.78 is 30.2. The quantitative estimate of drug-likeness (QED) is 0.0668. The average molecular weight is 598 g/mol. The third-order valence-corrected chi connectivity index (χ3v) is 7.84. The molecule has 0 aliphatic heterocycles. The number of anilines is 1. The number of hydrogen-bond donors (Lipinski definition) is 3. The Morgan fingerprint density at radius 2 is 1.59 bits per heavy atom. The molecule has 2 atom stereocenters. The lowest BCUT2D eigenvalue weighted by Gasteiger charge is -2.19. The largest absolute Gasteiger partial charge is 0.394 e. The van der Waals surface area contributed by atoms with Crippen molar-refractivity contribution in [2.45, 2.75) is 109 Å². The van der Waals surface area contributed by atoms with E-state index >= 15 is 0 Å². The number of imidazole rings is 1. The van der Waals surface area contributed by atoms with Crippen molar-refractivity contribution in [3.8, 4) is 0 Å². The molecular weight excluding hydrogens is 545 g/mol. The summed E-state index contributed by atoms with van der Waals surface area (Å²) in [6, 6.07) is 0. The van der Waals surface area contributed by atoms with E-state index in [4.69, 9.17) is 19.7 Å². The third-order valence-electron chi connectivity index (χ3n) is 6.78. The van der Waals surface area contributed by atoms with Gasteiger partial charge in [0.05, 0.1) is 32.2 Å². The Morgan fingerprint density at radius 3 is 2.29 bits per heavy atom. The highest BCUT2D eigenvalue weighted by atomic mass is 31.2. The topological polar surface area (TPSA) is 155 Å². The molecule has 41 heavy (non-hydrogen) atoms. The lowest BCUT2D eigenvalue weighted by molar-refractivity contribution is 0.0175. The molecule has 1 unspecified atom stereocenters. The summed E-state index contributed by atoms with van der Waals surface area (Å²) in [6.45, 7) is 3.33. The summed E-state index contributed by atoms with van der Waals surface area (Å²) in [5, 5.41) is 9.65. The normalized spacial score (nSPS) is 14.2. The molecule has 0 spiro atoms. The van der Waals surface area contributed by atoms with E-state index < -0.39 is 20.0 Å². The van der Waals surface area contributed by atoms with Crippen molar-refractivity contribution in [1.29, 1.82) is 0 Å². The molecule has 11 nitrogen and oxygen atoms in total. The van der Waals surface area contributed by atoms with E-state index in [1.807, 2.05) is 0 Å². The van der Waals surface area contributed by atoms with Crippen LogP contribution >= 0.6 is 7.60 Å². The second-order valence-electron chi connectivity index (χ2n) is 10.4. The van der Waals surface area contributed by atoms with Gasteiger partial charge in [-0.2, -0.15) is 0 Å². The minimum Gasteiger partial charge on any atom is -0.394 e. The van der Waals surface area contributed by atoms with Gasteiger partial charge in [0.1, 0.15) is 18.2 Å². The van der Waals surface area contributed by atoms with E-state index in [-0.39, 0.29) is 25.6 Å². The Hall–Kier alpha value is -1.88. The Bertz CT molecular complexity index is 1020. The van der Waals surface area contributed by atoms with Crippen LogP contribution in [0.3, 0.4) is 0 Å². The van der Waals surface area contributed by atoms with E-state index in [1.54, 1.807) is 4.57 Å². The van der Waals surface area contributed by atoms with Crippen LogP contribution in [0.1, 0.15) is 96.8 Å². The summed E-state index contributed by atoms with van der Waals surface area (Å²) in [5.74, 6) is 0.250. The third kappa shape index (κ3) is 15.8. The van der Waals surface area contributed by atoms with Gasteiger partial charge in [0, 0.05) is 13.2 Å². The van der Waals surface area contributed by atoms with Gasteiger partial charge in [-0.15, -0.1) is 0 Å².